The molecule has 0 aromatic heterocycles. The molecule has 1 unspecified atom stereocenters. The van der Waals surface area contributed by atoms with E-state index in [9.17, 15) is 4.79 Å². The van der Waals surface area contributed by atoms with Gasteiger partial charge in [0.2, 0.25) is 0 Å². The van der Waals surface area contributed by atoms with Crippen molar-refractivity contribution in [3.8, 4) is 0 Å². The van der Waals surface area contributed by atoms with Crippen molar-refractivity contribution in [1.29, 1.82) is 0 Å². The molecule has 0 aliphatic carbocycles. The summed E-state index contributed by atoms with van der Waals surface area (Å²) in [7, 11) is 0. The van der Waals surface area contributed by atoms with Crippen LogP contribution >= 0.6 is 11.6 Å². The van der Waals surface area contributed by atoms with E-state index in [1.165, 1.54) is 0 Å². The zero-order valence-electron chi connectivity index (χ0n) is 14.7. The minimum atomic E-state index is -0.126. The van der Waals surface area contributed by atoms with Crippen LogP contribution in [0.1, 0.15) is 31.0 Å². The number of anilines is 1. The van der Waals surface area contributed by atoms with E-state index >= 15 is 0 Å². The highest BCUT2D eigenvalue weighted by molar-refractivity contribution is 6.34. The molecular formula is C20H24ClN3O. The Kier molecular flexibility index (Phi) is 5.61. The molecule has 132 valence electrons. The van der Waals surface area contributed by atoms with Gasteiger partial charge < -0.3 is 15.1 Å². The fourth-order valence-corrected chi connectivity index (χ4v) is 3.61. The molecule has 1 heterocycles. The Hall–Kier alpha value is -2.04. The van der Waals surface area contributed by atoms with Gasteiger partial charge in [-0.25, -0.2) is 4.79 Å². The molecule has 1 atom stereocenters. The van der Waals surface area contributed by atoms with Crippen LogP contribution in [-0.2, 0) is 0 Å². The molecule has 0 radical (unpaired) electrons. The Bertz CT molecular complexity index is 731. The number of nitrogens with zero attached hydrogens (tertiary/aromatic N) is 2. The fraction of sp³-hybridized carbons (Fsp3) is 0.350. The predicted octanol–water partition coefficient (Wildman–Crippen LogP) is 4.62. The molecule has 0 fully saturated rings. The zero-order valence-corrected chi connectivity index (χ0v) is 15.5. The summed E-state index contributed by atoms with van der Waals surface area (Å²) in [4.78, 5) is 17.1. The molecule has 1 aliphatic rings. The number of para-hydroxylation sites is 1. The quantitative estimate of drug-likeness (QED) is 0.818. The molecule has 0 spiro atoms. The highest BCUT2D eigenvalue weighted by atomic mass is 35.5. The topological polar surface area (TPSA) is 35.6 Å². The summed E-state index contributed by atoms with van der Waals surface area (Å²) in [5, 5.41) is 3.55. The normalized spacial score (nSPS) is 16.7. The molecule has 0 saturated carbocycles. The van der Waals surface area contributed by atoms with E-state index in [-0.39, 0.29) is 12.1 Å². The number of hydrogen-bond donors (Lipinski definition) is 1. The van der Waals surface area contributed by atoms with E-state index in [0.29, 0.717) is 11.6 Å². The molecule has 1 aliphatic heterocycles. The average Bonchev–Trinajstić information content (AvgIpc) is 2.64. The van der Waals surface area contributed by atoms with E-state index in [1.54, 1.807) is 0 Å². The van der Waals surface area contributed by atoms with E-state index in [1.807, 2.05) is 41.3 Å². The van der Waals surface area contributed by atoms with Crippen molar-refractivity contribution in [2.45, 2.75) is 19.9 Å². The van der Waals surface area contributed by atoms with Crippen molar-refractivity contribution in [2.24, 2.45) is 0 Å². The van der Waals surface area contributed by atoms with Gasteiger partial charge >= 0.3 is 6.03 Å². The van der Waals surface area contributed by atoms with E-state index < -0.39 is 0 Å². The first kappa shape index (κ1) is 17.8. The van der Waals surface area contributed by atoms with Gasteiger partial charge in [-0.2, -0.15) is 0 Å². The second kappa shape index (κ2) is 7.89. The number of likely N-dealkylation sites (N-methyl/N-ethyl adjacent to an activating group) is 1. The lowest BCUT2D eigenvalue weighted by Crippen LogP contribution is -2.46. The zero-order chi connectivity index (χ0) is 17.8. The minimum absolute atomic E-state index is 0.0957. The average molecular weight is 358 g/mol. The number of fused-ring (bicyclic) bond motifs is 1. The lowest BCUT2D eigenvalue weighted by Gasteiger charge is -2.39. The molecule has 5 heteroatoms. The molecule has 25 heavy (non-hydrogen) atoms. The van der Waals surface area contributed by atoms with Crippen LogP contribution in [0.4, 0.5) is 10.5 Å². The Labute approximate surface area is 154 Å². The van der Waals surface area contributed by atoms with Crippen LogP contribution < -0.4 is 5.32 Å². The number of rotatable bonds is 6. The summed E-state index contributed by atoms with van der Waals surface area (Å²) in [5.74, 6) is 0. The molecule has 4 nitrogen and oxygen atoms in total. The summed E-state index contributed by atoms with van der Waals surface area (Å²) in [6.45, 7) is 7.75. The highest BCUT2D eigenvalue weighted by Crippen LogP contribution is 2.40. The van der Waals surface area contributed by atoms with Crippen LogP contribution in [0.2, 0.25) is 5.02 Å². The summed E-state index contributed by atoms with van der Waals surface area (Å²) in [5.41, 5.74) is 2.86. The summed E-state index contributed by atoms with van der Waals surface area (Å²) in [6.07, 6.45) is 0. The third-order valence-corrected chi connectivity index (χ3v) is 5.13. The van der Waals surface area contributed by atoms with Gasteiger partial charge in [0.15, 0.2) is 0 Å². The maximum atomic E-state index is 12.8. The smallest absolute Gasteiger partial charge is 0.312 e. The van der Waals surface area contributed by atoms with Gasteiger partial charge in [0.1, 0.15) is 0 Å². The number of amides is 2. The number of carbonyl (C=O) groups excluding carboxylic acids is 1. The Balaban J connectivity index is 1.99. The number of nitrogens with one attached hydrogen (secondary N) is 1. The Morgan fingerprint density at radius 1 is 1.08 bits per heavy atom. The van der Waals surface area contributed by atoms with E-state index in [0.717, 1.165) is 36.4 Å². The van der Waals surface area contributed by atoms with Gasteiger partial charge in [-0.05, 0) is 24.7 Å². The maximum Gasteiger partial charge on any atom is 0.322 e. The molecule has 2 aromatic carbocycles. The monoisotopic (exact) mass is 357 g/mol. The molecular weight excluding hydrogens is 334 g/mol. The fourth-order valence-electron chi connectivity index (χ4n) is 3.38. The number of halogens is 1. The summed E-state index contributed by atoms with van der Waals surface area (Å²) < 4.78 is 0. The predicted molar refractivity (Wildman–Crippen MR) is 103 cm³/mol. The number of carbonyl (C=O) groups is 1. The van der Waals surface area contributed by atoms with Crippen LogP contribution in [-0.4, -0.2) is 42.0 Å². The molecule has 2 amide bonds. The van der Waals surface area contributed by atoms with Gasteiger partial charge in [-0.3, -0.25) is 0 Å². The number of benzene rings is 2. The number of hydrogen-bond acceptors (Lipinski definition) is 2. The lowest BCUT2D eigenvalue weighted by atomic mass is 9.94. The highest BCUT2D eigenvalue weighted by Gasteiger charge is 2.34. The van der Waals surface area contributed by atoms with Crippen molar-refractivity contribution >= 4 is 23.3 Å². The first-order chi connectivity index (χ1) is 12.2. The molecule has 0 bridgehead atoms. The van der Waals surface area contributed by atoms with E-state index in [2.05, 4.69) is 36.2 Å². The van der Waals surface area contributed by atoms with Crippen LogP contribution in [0.3, 0.4) is 0 Å². The summed E-state index contributed by atoms with van der Waals surface area (Å²) >= 11 is 6.34. The Morgan fingerprint density at radius 3 is 2.48 bits per heavy atom. The third-order valence-electron chi connectivity index (χ3n) is 4.81. The van der Waals surface area contributed by atoms with Crippen molar-refractivity contribution in [2.75, 3.05) is 31.5 Å². The Morgan fingerprint density at radius 2 is 1.80 bits per heavy atom. The maximum absolute atomic E-state index is 12.8. The van der Waals surface area contributed by atoms with Gasteiger partial charge in [0.05, 0.1) is 16.8 Å². The van der Waals surface area contributed by atoms with Crippen molar-refractivity contribution in [3.05, 3.63) is 64.7 Å². The second-order valence-corrected chi connectivity index (χ2v) is 6.57. The molecule has 2 aromatic rings. The van der Waals surface area contributed by atoms with Crippen molar-refractivity contribution in [1.82, 2.24) is 9.80 Å². The minimum Gasteiger partial charge on any atom is -0.312 e. The molecule has 0 saturated heterocycles. The SMILES string of the molecule is CCN(CC)CCN1C(=O)Nc2c(Cl)cccc2C1c1ccccc1. The van der Waals surface area contributed by atoms with Crippen molar-refractivity contribution in [3.63, 3.8) is 0 Å². The van der Waals surface area contributed by atoms with Crippen LogP contribution in [0.5, 0.6) is 0 Å². The molecule has 3 rings (SSSR count). The van der Waals surface area contributed by atoms with Gasteiger partial charge in [0, 0.05) is 18.7 Å². The third kappa shape index (κ3) is 3.65. The first-order valence-electron chi connectivity index (χ1n) is 8.79. The van der Waals surface area contributed by atoms with Crippen LogP contribution in [0.25, 0.3) is 0 Å². The van der Waals surface area contributed by atoms with Crippen LogP contribution in [0.15, 0.2) is 48.5 Å². The standard InChI is InChI=1S/C20H24ClN3O/c1-3-23(4-2)13-14-24-19(15-9-6-5-7-10-15)16-11-8-12-17(21)18(16)22-20(24)25/h5-12,19H,3-4,13-14H2,1-2H3,(H,22,25). The van der Waals surface area contributed by atoms with Crippen LogP contribution in [0, 0.1) is 0 Å². The molecule has 1 N–H and O–H groups in total. The van der Waals surface area contributed by atoms with Crippen molar-refractivity contribution < 1.29 is 4.79 Å². The largest absolute Gasteiger partial charge is 0.322 e. The lowest BCUT2D eigenvalue weighted by molar-refractivity contribution is 0.179. The van der Waals surface area contributed by atoms with Gasteiger partial charge in [-0.1, -0.05) is 67.9 Å². The van der Waals surface area contributed by atoms with E-state index in [4.69, 9.17) is 11.6 Å². The van der Waals surface area contributed by atoms with Gasteiger partial charge in [0.25, 0.3) is 0 Å². The first-order valence-corrected chi connectivity index (χ1v) is 9.16. The number of urea groups is 1. The van der Waals surface area contributed by atoms with Gasteiger partial charge in [-0.15, -0.1) is 0 Å². The summed E-state index contributed by atoms with van der Waals surface area (Å²) in [6, 6.07) is 15.7. The second-order valence-electron chi connectivity index (χ2n) is 6.17.